The highest BCUT2D eigenvalue weighted by Crippen LogP contribution is 2.15. The molecule has 0 aromatic carbocycles. The monoisotopic (exact) mass is 1030 g/mol. The lowest BCUT2D eigenvalue weighted by molar-refractivity contribution is -0.142. The number of carbonyl (C=O) groups is 8. The van der Waals surface area contributed by atoms with Crippen molar-refractivity contribution in [2.45, 2.75) is 178 Å². The third-order valence-electron chi connectivity index (χ3n) is 11.7. The fraction of sp³-hybridized carbons (Fsp3) is 0.694. The van der Waals surface area contributed by atoms with E-state index in [0.29, 0.717) is 30.5 Å². The summed E-state index contributed by atoms with van der Waals surface area (Å²) in [5.41, 5.74) is 11.8. The number of nitrogens with zero attached hydrogens (tertiary/aromatic N) is 3. The van der Waals surface area contributed by atoms with Gasteiger partial charge in [0.15, 0.2) is 5.96 Å². The van der Waals surface area contributed by atoms with Gasteiger partial charge in [-0.25, -0.2) is 14.8 Å². The molecule has 0 radical (unpaired) electrons. The number of carbonyl (C=O) groups excluding carboxylic acids is 6. The zero-order chi connectivity index (χ0) is 53.3. The number of carboxylic acids is 2. The van der Waals surface area contributed by atoms with Crippen LogP contribution in [0.25, 0.3) is 0 Å². The lowest BCUT2D eigenvalue weighted by Crippen LogP contribution is -2.56. The standard InChI is InChI=1S/C49H82N12O12/c50-49(51)55-23-17-18-36(32-62)58-46(68)41(29-38-31-53-35-57-38)61-47(69)40(28-37-30-52-34-56-37)60-44(65)33-73-27-26-72-25-24-54-42(63)22-21-39(48(70)71)59-43(64)19-15-13-11-9-7-5-3-1-2-4-6-8-10-12-14-16-20-45(66)67/h30-32,34-36,39-41H,1-29,33H2,(H,52,56)(H,53,57)(H,54,63)(H,58,68)(H,59,64)(H,60,65)(H,61,69)(H,66,67)(H,70,71)(H4,50,51,55)/t36-,39-,40-,41-/m0/s1. The molecule has 0 saturated carbocycles. The highest BCUT2D eigenvalue weighted by molar-refractivity contribution is 5.93. The molecule has 0 spiro atoms. The van der Waals surface area contributed by atoms with Crippen molar-refractivity contribution in [1.82, 2.24) is 46.5 Å². The van der Waals surface area contributed by atoms with Gasteiger partial charge in [-0.15, -0.1) is 0 Å². The largest absolute Gasteiger partial charge is 0.481 e. The van der Waals surface area contributed by atoms with Crippen LogP contribution in [0.2, 0.25) is 0 Å². The number of carboxylic acid groups (broad SMARTS) is 2. The average Bonchev–Trinajstić information content (AvgIpc) is 4.08. The molecule has 0 unspecified atom stereocenters. The van der Waals surface area contributed by atoms with Crippen LogP contribution in [-0.4, -0.2) is 148 Å². The first-order valence-corrected chi connectivity index (χ1v) is 25.8. The molecule has 2 aromatic rings. The molecular weight excluding hydrogens is 949 g/mol. The lowest BCUT2D eigenvalue weighted by atomic mass is 10.0. The number of hydrogen-bond donors (Lipinski definition) is 11. The first-order chi connectivity index (χ1) is 35.3. The molecule has 0 aliphatic heterocycles. The minimum atomic E-state index is -1.21. The minimum Gasteiger partial charge on any atom is -0.481 e. The lowest BCUT2D eigenvalue weighted by Gasteiger charge is -2.24. The quantitative estimate of drug-likeness (QED) is 0.0196. The molecule has 24 nitrogen and oxygen atoms in total. The van der Waals surface area contributed by atoms with Gasteiger partial charge in [0.25, 0.3) is 0 Å². The molecule has 4 atom stereocenters. The summed E-state index contributed by atoms with van der Waals surface area (Å²) in [4.78, 5) is 117. The number of aromatic nitrogens is 4. The van der Waals surface area contributed by atoms with Crippen LogP contribution in [0, 0.1) is 0 Å². The first-order valence-electron chi connectivity index (χ1n) is 25.8. The van der Waals surface area contributed by atoms with Crippen molar-refractivity contribution in [3.05, 3.63) is 36.4 Å². The summed E-state index contributed by atoms with van der Waals surface area (Å²) in [6.07, 6.45) is 24.9. The van der Waals surface area contributed by atoms with E-state index in [1.165, 1.54) is 76.4 Å². The van der Waals surface area contributed by atoms with Gasteiger partial charge in [0, 0.05) is 69.0 Å². The van der Waals surface area contributed by atoms with Crippen LogP contribution in [-0.2, 0) is 60.7 Å². The third-order valence-corrected chi connectivity index (χ3v) is 11.7. The fourth-order valence-corrected chi connectivity index (χ4v) is 7.71. The Balaban J connectivity index is 1.61. The summed E-state index contributed by atoms with van der Waals surface area (Å²) in [5.74, 6) is -4.76. The summed E-state index contributed by atoms with van der Waals surface area (Å²) in [5, 5.41) is 31.4. The number of unbranched alkanes of at least 4 members (excludes halogenated alkanes) is 15. The van der Waals surface area contributed by atoms with Crippen LogP contribution in [0.3, 0.4) is 0 Å². The highest BCUT2D eigenvalue weighted by atomic mass is 16.5. The molecule has 0 saturated heterocycles. The zero-order valence-corrected chi connectivity index (χ0v) is 42.4. The van der Waals surface area contributed by atoms with Crippen LogP contribution in [0.1, 0.15) is 153 Å². The van der Waals surface area contributed by atoms with Crippen LogP contribution >= 0.6 is 0 Å². The zero-order valence-electron chi connectivity index (χ0n) is 42.4. The minimum absolute atomic E-state index is 0.000960. The van der Waals surface area contributed by atoms with E-state index in [0.717, 1.165) is 44.9 Å². The maximum atomic E-state index is 13.7. The number of rotatable bonds is 46. The molecule has 2 heterocycles. The summed E-state index contributed by atoms with van der Waals surface area (Å²) in [6.45, 7) is 0.118. The van der Waals surface area contributed by atoms with Crippen LogP contribution in [0.5, 0.6) is 0 Å². The second kappa shape index (κ2) is 40.1. The smallest absolute Gasteiger partial charge is 0.326 e. The summed E-state index contributed by atoms with van der Waals surface area (Å²) in [6, 6.07) is -4.41. The van der Waals surface area contributed by atoms with Crippen molar-refractivity contribution >= 4 is 53.7 Å². The molecule has 5 amide bonds. The summed E-state index contributed by atoms with van der Waals surface area (Å²) >= 11 is 0. The Morgan fingerprint density at radius 3 is 1.60 bits per heavy atom. The number of ether oxygens (including phenoxy) is 2. The number of aliphatic imine (C=N–C) groups is 1. The number of guanidine groups is 1. The van der Waals surface area contributed by atoms with Crippen LogP contribution in [0.4, 0.5) is 0 Å². The van der Waals surface area contributed by atoms with E-state index < -0.39 is 66.3 Å². The molecular formula is C49H82N12O12. The van der Waals surface area contributed by atoms with E-state index >= 15 is 0 Å². The molecule has 410 valence electrons. The van der Waals surface area contributed by atoms with Gasteiger partial charge in [-0.3, -0.25) is 33.8 Å². The maximum Gasteiger partial charge on any atom is 0.326 e. The molecule has 2 rings (SSSR count). The van der Waals surface area contributed by atoms with Crippen molar-refractivity contribution in [2.24, 2.45) is 16.5 Å². The van der Waals surface area contributed by atoms with Gasteiger partial charge in [0.1, 0.15) is 31.0 Å². The molecule has 0 fully saturated rings. The number of hydrogen-bond acceptors (Lipinski definition) is 13. The van der Waals surface area contributed by atoms with Gasteiger partial charge in [-0.05, 0) is 32.1 Å². The average molecular weight is 1030 g/mol. The molecule has 24 heteroatoms. The Kier molecular flexibility index (Phi) is 34.4. The topological polar surface area (TPSA) is 377 Å². The number of aldehydes is 1. The van der Waals surface area contributed by atoms with E-state index in [-0.39, 0.29) is 89.7 Å². The molecule has 0 aliphatic rings. The normalized spacial score (nSPS) is 12.7. The number of aliphatic carboxylic acids is 2. The number of aromatic amines is 2. The number of H-pyrrole nitrogens is 2. The molecule has 13 N–H and O–H groups in total. The Bertz CT molecular complexity index is 1900. The van der Waals surface area contributed by atoms with Crippen molar-refractivity contribution in [3.63, 3.8) is 0 Å². The van der Waals surface area contributed by atoms with Gasteiger partial charge in [0.2, 0.25) is 29.5 Å². The predicted octanol–water partition coefficient (Wildman–Crippen LogP) is 2.23. The van der Waals surface area contributed by atoms with Gasteiger partial charge in [-0.2, -0.15) is 0 Å². The van der Waals surface area contributed by atoms with Crippen molar-refractivity contribution < 1.29 is 58.0 Å². The van der Waals surface area contributed by atoms with Crippen LogP contribution < -0.4 is 38.1 Å². The summed E-state index contributed by atoms with van der Waals surface area (Å²) in [7, 11) is 0. The van der Waals surface area contributed by atoms with Gasteiger partial charge < -0.3 is 72.5 Å². The highest BCUT2D eigenvalue weighted by Gasteiger charge is 2.29. The van der Waals surface area contributed by atoms with Crippen molar-refractivity contribution in [3.8, 4) is 0 Å². The number of imidazole rings is 2. The predicted molar refractivity (Wildman–Crippen MR) is 271 cm³/mol. The number of amides is 5. The number of nitrogens with one attached hydrogen (secondary N) is 7. The molecule has 0 aliphatic carbocycles. The van der Waals surface area contributed by atoms with E-state index in [4.69, 9.17) is 26.0 Å². The Morgan fingerprint density at radius 1 is 0.589 bits per heavy atom. The van der Waals surface area contributed by atoms with Crippen molar-refractivity contribution in [1.29, 1.82) is 0 Å². The van der Waals surface area contributed by atoms with Gasteiger partial charge in [-0.1, -0.05) is 89.9 Å². The van der Waals surface area contributed by atoms with Gasteiger partial charge >= 0.3 is 11.9 Å². The van der Waals surface area contributed by atoms with E-state index in [2.05, 4.69) is 51.5 Å². The maximum absolute atomic E-state index is 13.7. The Labute approximate surface area is 427 Å². The van der Waals surface area contributed by atoms with Crippen LogP contribution in [0.15, 0.2) is 30.0 Å². The van der Waals surface area contributed by atoms with E-state index in [1.807, 2.05) is 0 Å². The van der Waals surface area contributed by atoms with Gasteiger partial charge in [0.05, 0.1) is 38.5 Å². The van der Waals surface area contributed by atoms with E-state index in [1.54, 1.807) is 0 Å². The Hall–Kier alpha value is -6.43. The molecule has 0 bridgehead atoms. The summed E-state index contributed by atoms with van der Waals surface area (Å²) < 4.78 is 10.9. The van der Waals surface area contributed by atoms with E-state index in [9.17, 15) is 43.5 Å². The Morgan fingerprint density at radius 2 is 1.10 bits per heavy atom. The number of nitrogens with two attached hydrogens (primary N) is 2. The molecule has 73 heavy (non-hydrogen) atoms. The molecule has 2 aromatic heterocycles. The fourth-order valence-electron chi connectivity index (χ4n) is 7.71. The third kappa shape index (κ3) is 33.0. The second-order valence-electron chi connectivity index (χ2n) is 18.0. The van der Waals surface area contributed by atoms with Crippen molar-refractivity contribution in [2.75, 3.05) is 39.5 Å². The first kappa shape index (κ1) is 62.7. The second-order valence-corrected chi connectivity index (χ2v) is 18.0. The SMILES string of the molecule is NC(N)=NCCC[C@@H](C=O)NC(=O)[C@H](Cc1cnc[nH]1)NC(=O)[C@H](Cc1cnc[nH]1)NC(=O)COCCOCCNC(=O)CC[C@H](NC(=O)CCCCCCCCCCCCCCCCCCC(=O)O)C(=O)O.